The number of hydrogen-bond donors (Lipinski definition) is 2. The van der Waals surface area contributed by atoms with E-state index >= 15 is 0 Å². The zero-order valence-electron chi connectivity index (χ0n) is 9.19. The Morgan fingerprint density at radius 1 is 1.73 bits per heavy atom. The molecule has 1 unspecified atom stereocenters. The van der Waals surface area contributed by atoms with E-state index in [9.17, 15) is 0 Å². The molecule has 0 saturated heterocycles. The van der Waals surface area contributed by atoms with Crippen molar-refractivity contribution in [3.05, 3.63) is 24.8 Å². The minimum absolute atomic E-state index is 0.183. The van der Waals surface area contributed by atoms with Crippen LogP contribution in [0.25, 0.3) is 0 Å². The van der Waals surface area contributed by atoms with Crippen LogP contribution in [0.1, 0.15) is 25.6 Å². The quantitative estimate of drug-likeness (QED) is 0.393. The second-order valence-electron chi connectivity index (χ2n) is 3.49. The Hall–Kier alpha value is -1.20. The van der Waals surface area contributed by atoms with E-state index in [1.807, 2.05) is 10.8 Å². The second kappa shape index (κ2) is 6.31. The van der Waals surface area contributed by atoms with Crippen LogP contribution >= 0.6 is 0 Å². The molecule has 5 heteroatoms. The Morgan fingerprint density at radius 2 is 2.53 bits per heavy atom. The maximum atomic E-state index is 5.44. The lowest BCUT2D eigenvalue weighted by Gasteiger charge is -2.13. The average Bonchev–Trinajstić information content (AvgIpc) is 2.66. The third-order valence-electron chi connectivity index (χ3n) is 2.25. The molecule has 0 aliphatic carbocycles. The summed E-state index contributed by atoms with van der Waals surface area (Å²) in [6, 6.07) is 0.183. The number of nitrogens with two attached hydrogens (primary N) is 1. The van der Waals surface area contributed by atoms with Gasteiger partial charge in [-0.25, -0.2) is 4.98 Å². The topological polar surface area (TPSA) is 68.8 Å². The molecular weight excluding hydrogens is 190 g/mol. The van der Waals surface area contributed by atoms with Crippen molar-refractivity contribution >= 4 is 0 Å². The lowest BCUT2D eigenvalue weighted by molar-refractivity contribution is 0.487. The maximum absolute atomic E-state index is 5.44. The first-order valence-electron chi connectivity index (χ1n) is 5.25. The van der Waals surface area contributed by atoms with Gasteiger partial charge in [-0.15, -0.1) is 6.58 Å². The summed E-state index contributed by atoms with van der Waals surface area (Å²) < 4.78 is 1.92. The highest BCUT2D eigenvalue weighted by atomic mass is 15.3. The van der Waals surface area contributed by atoms with Crippen molar-refractivity contribution in [2.24, 2.45) is 5.84 Å². The van der Waals surface area contributed by atoms with Crippen molar-refractivity contribution in [1.29, 1.82) is 0 Å². The van der Waals surface area contributed by atoms with E-state index in [0.717, 1.165) is 31.6 Å². The molecule has 3 N–H and O–H groups in total. The molecule has 1 aromatic rings. The van der Waals surface area contributed by atoms with Gasteiger partial charge < -0.3 is 0 Å². The summed E-state index contributed by atoms with van der Waals surface area (Å²) >= 11 is 0. The van der Waals surface area contributed by atoms with Crippen LogP contribution in [-0.4, -0.2) is 20.8 Å². The van der Waals surface area contributed by atoms with Gasteiger partial charge in [0.05, 0.1) is 0 Å². The van der Waals surface area contributed by atoms with Gasteiger partial charge >= 0.3 is 0 Å². The number of hydrogen-bond acceptors (Lipinski definition) is 4. The lowest BCUT2D eigenvalue weighted by Crippen LogP contribution is -2.37. The fourth-order valence-electron chi connectivity index (χ4n) is 1.48. The molecule has 0 saturated carbocycles. The zero-order valence-corrected chi connectivity index (χ0v) is 9.19. The minimum Gasteiger partial charge on any atom is -0.271 e. The van der Waals surface area contributed by atoms with Crippen LogP contribution in [0.2, 0.25) is 0 Å². The standard InChI is InChI=1S/C10H19N5/c1-3-5-9(14-11)7-10-12-8-13-15(10)6-4-2/h3,8-9,14H,1,4-7,11H2,2H3. The van der Waals surface area contributed by atoms with E-state index in [1.165, 1.54) is 0 Å². The van der Waals surface area contributed by atoms with E-state index in [4.69, 9.17) is 5.84 Å². The third-order valence-corrected chi connectivity index (χ3v) is 2.25. The van der Waals surface area contributed by atoms with Crippen LogP contribution in [0.5, 0.6) is 0 Å². The van der Waals surface area contributed by atoms with E-state index < -0.39 is 0 Å². The van der Waals surface area contributed by atoms with Gasteiger partial charge in [-0.3, -0.25) is 16.0 Å². The van der Waals surface area contributed by atoms with Crippen molar-refractivity contribution in [2.75, 3.05) is 0 Å². The monoisotopic (exact) mass is 209 g/mol. The molecule has 0 bridgehead atoms. The van der Waals surface area contributed by atoms with E-state index in [-0.39, 0.29) is 6.04 Å². The summed E-state index contributed by atoms with van der Waals surface area (Å²) in [5.41, 5.74) is 2.76. The van der Waals surface area contributed by atoms with E-state index in [0.29, 0.717) is 0 Å². The minimum atomic E-state index is 0.183. The van der Waals surface area contributed by atoms with Crippen LogP contribution in [-0.2, 0) is 13.0 Å². The van der Waals surface area contributed by atoms with Crippen LogP contribution in [0, 0.1) is 0 Å². The molecule has 15 heavy (non-hydrogen) atoms. The summed E-state index contributed by atoms with van der Waals surface area (Å²) in [7, 11) is 0. The number of nitrogens with zero attached hydrogens (tertiary/aromatic N) is 3. The zero-order chi connectivity index (χ0) is 11.1. The van der Waals surface area contributed by atoms with Gasteiger partial charge in [0.1, 0.15) is 12.2 Å². The Bertz CT molecular complexity index is 294. The van der Waals surface area contributed by atoms with Crippen LogP contribution in [0.15, 0.2) is 19.0 Å². The molecule has 0 aromatic carbocycles. The van der Waals surface area contributed by atoms with E-state index in [1.54, 1.807) is 6.33 Å². The first kappa shape index (κ1) is 11.9. The number of nitrogens with one attached hydrogen (secondary N) is 1. The van der Waals surface area contributed by atoms with Crippen molar-refractivity contribution in [2.45, 2.75) is 38.8 Å². The SMILES string of the molecule is C=CCC(Cc1ncnn1CCC)NN. The lowest BCUT2D eigenvalue weighted by atomic mass is 10.1. The molecule has 0 fully saturated rings. The first-order valence-corrected chi connectivity index (χ1v) is 5.25. The van der Waals surface area contributed by atoms with Gasteiger partial charge in [0.25, 0.3) is 0 Å². The molecule has 0 spiro atoms. The molecule has 1 heterocycles. The Kier molecular flexibility index (Phi) is 5.00. The van der Waals surface area contributed by atoms with E-state index in [2.05, 4.69) is 29.0 Å². The highest BCUT2D eigenvalue weighted by molar-refractivity contribution is 4.91. The van der Waals surface area contributed by atoms with Gasteiger partial charge in [0.15, 0.2) is 0 Å². The van der Waals surface area contributed by atoms with Gasteiger partial charge in [-0.05, 0) is 12.8 Å². The van der Waals surface area contributed by atoms with Crippen LogP contribution < -0.4 is 11.3 Å². The first-order chi connectivity index (χ1) is 7.31. The molecule has 0 radical (unpaired) electrons. The fourth-order valence-corrected chi connectivity index (χ4v) is 1.48. The Morgan fingerprint density at radius 3 is 3.13 bits per heavy atom. The normalized spacial score (nSPS) is 12.7. The predicted octanol–water partition coefficient (Wildman–Crippen LogP) is 0.639. The molecule has 5 nitrogen and oxygen atoms in total. The highest BCUT2D eigenvalue weighted by Crippen LogP contribution is 2.03. The molecule has 0 aliphatic rings. The fraction of sp³-hybridized carbons (Fsp3) is 0.600. The van der Waals surface area contributed by atoms with Crippen molar-refractivity contribution in [3.63, 3.8) is 0 Å². The number of hydrazine groups is 1. The third kappa shape index (κ3) is 3.45. The molecule has 1 atom stereocenters. The van der Waals surface area contributed by atoms with Gasteiger partial charge in [0, 0.05) is 19.0 Å². The average molecular weight is 209 g/mol. The van der Waals surface area contributed by atoms with Gasteiger partial charge in [0.2, 0.25) is 0 Å². The van der Waals surface area contributed by atoms with Crippen molar-refractivity contribution < 1.29 is 0 Å². The summed E-state index contributed by atoms with van der Waals surface area (Å²) in [6.07, 6.45) is 6.11. The molecular formula is C10H19N5. The molecule has 0 amide bonds. The largest absolute Gasteiger partial charge is 0.271 e. The number of rotatable bonds is 7. The number of aryl methyl sites for hydroxylation is 1. The van der Waals surface area contributed by atoms with Crippen LogP contribution in [0.3, 0.4) is 0 Å². The molecule has 1 aromatic heterocycles. The predicted molar refractivity (Wildman–Crippen MR) is 59.9 cm³/mol. The summed E-state index contributed by atoms with van der Waals surface area (Å²) in [4.78, 5) is 4.23. The van der Waals surface area contributed by atoms with Gasteiger partial charge in [-0.1, -0.05) is 13.0 Å². The molecule has 0 aliphatic heterocycles. The highest BCUT2D eigenvalue weighted by Gasteiger charge is 2.10. The molecule has 1 rings (SSSR count). The summed E-state index contributed by atoms with van der Waals surface area (Å²) in [6.45, 7) is 6.72. The number of aromatic nitrogens is 3. The Balaban J connectivity index is 2.60. The van der Waals surface area contributed by atoms with Gasteiger partial charge in [-0.2, -0.15) is 5.10 Å². The second-order valence-corrected chi connectivity index (χ2v) is 3.49. The smallest absolute Gasteiger partial charge is 0.138 e. The summed E-state index contributed by atoms with van der Waals surface area (Å²) in [5, 5.41) is 4.16. The Labute approximate surface area is 90.3 Å². The maximum Gasteiger partial charge on any atom is 0.138 e. The molecule has 84 valence electrons. The van der Waals surface area contributed by atoms with Crippen molar-refractivity contribution in [3.8, 4) is 0 Å². The summed E-state index contributed by atoms with van der Waals surface area (Å²) in [5.74, 6) is 6.42. The van der Waals surface area contributed by atoms with Crippen molar-refractivity contribution in [1.82, 2.24) is 20.2 Å². The van der Waals surface area contributed by atoms with Crippen LogP contribution in [0.4, 0.5) is 0 Å².